The smallest absolute Gasteiger partial charge is 0.188 e. The number of benzene rings is 1. The Balaban J connectivity index is 0.00000264. The van der Waals surface area contributed by atoms with Gasteiger partial charge in [-0.15, -0.1) is 24.0 Å². The van der Waals surface area contributed by atoms with Gasteiger partial charge in [-0.1, -0.05) is 18.6 Å². The topological polar surface area (TPSA) is 68.9 Å². The zero-order chi connectivity index (χ0) is 15.8. The van der Waals surface area contributed by atoms with Crippen LogP contribution in [0.3, 0.4) is 0 Å². The Kier molecular flexibility index (Phi) is 9.31. The highest BCUT2D eigenvalue weighted by Crippen LogP contribution is 2.25. The van der Waals surface area contributed by atoms with Gasteiger partial charge in [0.15, 0.2) is 5.96 Å². The van der Waals surface area contributed by atoms with Crippen LogP contribution < -0.4 is 15.8 Å². The van der Waals surface area contributed by atoms with Crippen molar-refractivity contribution >= 4 is 29.9 Å². The summed E-state index contributed by atoms with van der Waals surface area (Å²) in [5, 5.41) is 3.20. The van der Waals surface area contributed by atoms with Crippen molar-refractivity contribution in [2.45, 2.75) is 32.7 Å². The molecular formula is C17H28IN3O2. The Morgan fingerprint density at radius 3 is 2.78 bits per heavy atom. The SMILES string of the molecule is COCCOc1cc(C)ccc1CN=C(N)NCC1CCC1.I. The first-order valence-corrected chi connectivity index (χ1v) is 7.94. The van der Waals surface area contributed by atoms with Crippen molar-refractivity contribution < 1.29 is 9.47 Å². The van der Waals surface area contributed by atoms with Gasteiger partial charge < -0.3 is 20.5 Å². The highest BCUT2D eigenvalue weighted by atomic mass is 127. The molecule has 0 unspecified atom stereocenters. The van der Waals surface area contributed by atoms with E-state index < -0.39 is 0 Å². The normalized spacial score (nSPS) is 14.8. The number of nitrogens with two attached hydrogens (primary N) is 1. The minimum atomic E-state index is 0. The van der Waals surface area contributed by atoms with E-state index in [1.165, 1.54) is 19.3 Å². The van der Waals surface area contributed by atoms with Crippen LogP contribution in [0, 0.1) is 12.8 Å². The molecule has 0 spiro atoms. The van der Waals surface area contributed by atoms with E-state index in [1.54, 1.807) is 7.11 Å². The van der Waals surface area contributed by atoms with Gasteiger partial charge in [-0.05, 0) is 37.3 Å². The van der Waals surface area contributed by atoms with Crippen LogP contribution in [0.4, 0.5) is 0 Å². The third kappa shape index (κ3) is 6.95. The molecule has 1 aromatic carbocycles. The minimum Gasteiger partial charge on any atom is -0.491 e. The summed E-state index contributed by atoms with van der Waals surface area (Å²) in [6.45, 7) is 4.60. The molecule has 5 nitrogen and oxygen atoms in total. The predicted octanol–water partition coefficient (Wildman–Crippen LogP) is 2.84. The number of guanidine groups is 1. The summed E-state index contributed by atoms with van der Waals surface area (Å²) in [7, 11) is 1.67. The van der Waals surface area contributed by atoms with Crippen LogP contribution in [-0.4, -0.2) is 32.8 Å². The first-order chi connectivity index (χ1) is 10.7. The summed E-state index contributed by atoms with van der Waals surface area (Å²) in [6.07, 6.45) is 3.94. The summed E-state index contributed by atoms with van der Waals surface area (Å²) in [5.41, 5.74) is 8.13. The van der Waals surface area contributed by atoms with Crippen LogP contribution in [0.25, 0.3) is 0 Å². The zero-order valence-corrected chi connectivity index (χ0v) is 16.3. The molecule has 1 saturated carbocycles. The Morgan fingerprint density at radius 1 is 1.35 bits per heavy atom. The lowest BCUT2D eigenvalue weighted by molar-refractivity contribution is 0.146. The van der Waals surface area contributed by atoms with Crippen molar-refractivity contribution in [3.05, 3.63) is 29.3 Å². The van der Waals surface area contributed by atoms with E-state index in [9.17, 15) is 0 Å². The number of nitrogens with one attached hydrogen (secondary N) is 1. The van der Waals surface area contributed by atoms with Crippen molar-refractivity contribution in [2.24, 2.45) is 16.6 Å². The van der Waals surface area contributed by atoms with Crippen molar-refractivity contribution in [3.63, 3.8) is 0 Å². The lowest BCUT2D eigenvalue weighted by Crippen LogP contribution is -2.37. The molecule has 0 atom stereocenters. The molecule has 0 aromatic heterocycles. The quantitative estimate of drug-likeness (QED) is 0.286. The van der Waals surface area contributed by atoms with E-state index in [4.69, 9.17) is 15.2 Å². The van der Waals surface area contributed by atoms with Crippen LogP contribution in [-0.2, 0) is 11.3 Å². The van der Waals surface area contributed by atoms with Gasteiger partial charge in [-0.25, -0.2) is 4.99 Å². The van der Waals surface area contributed by atoms with Gasteiger partial charge in [-0.2, -0.15) is 0 Å². The largest absolute Gasteiger partial charge is 0.491 e. The molecule has 2 rings (SSSR count). The number of aryl methyl sites for hydroxylation is 1. The summed E-state index contributed by atoms with van der Waals surface area (Å²) in [6, 6.07) is 6.13. The molecule has 6 heteroatoms. The number of halogens is 1. The van der Waals surface area contributed by atoms with Gasteiger partial charge in [0.1, 0.15) is 12.4 Å². The van der Waals surface area contributed by atoms with E-state index in [1.807, 2.05) is 19.1 Å². The zero-order valence-electron chi connectivity index (χ0n) is 14.0. The molecule has 1 aliphatic rings. The lowest BCUT2D eigenvalue weighted by atomic mass is 9.85. The summed E-state index contributed by atoms with van der Waals surface area (Å²) in [4.78, 5) is 4.42. The highest BCUT2D eigenvalue weighted by Gasteiger charge is 2.16. The Labute approximate surface area is 156 Å². The molecule has 0 amide bonds. The van der Waals surface area contributed by atoms with E-state index >= 15 is 0 Å². The standard InChI is InChI=1S/C17H27N3O2.HI/c1-13-6-7-15(16(10-13)22-9-8-21-2)12-20-17(18)19-11-14-4-3-5-14;/h6-7,10,14H,3-5,8-9,11-12H2,1-2H3,(H3,18,19,20);1H. The molecule has 130 valence electrons. The van der Waals surface area contributed by atoms with E-state index in [-0.39, 0.29) is 24.0 Å². The second kappa shape index (κ2) is 10.7. The van der Waals surface area contributed by atoms with E-state index in [0.29, 0.717) is 25.7 Å². The number of hydrogen-bond acceptors (Lipinski definition) is 3. The molecular weight excluding hydrogens is 405 g/mol. The molecule has 1 fully saturated rings. The van der Waals surface area contributed by atoms with Gasteiger partial charge in [0, 0.05) is 19.2 Å². The fourth-order valence-electron chi connectivity index (χ4n) is 2.33. The van der Waals surface area contributed by atoms with Gasteiger partial charge >= 0.3 is 0 Å². The Bertz CT molecular complexity index is 505. The molecule has 0 aliphatic heterocycles. The minimum absolute atomic E-state index is 0. The second-order valence-corrected chi connectivity index (χ2v) is 5.83. The number of methoxy groups -OCH3 is 1. The van der Waals surface area contributed by atoms with Crippen molar-refractivity contribution in [3.8, 4) is 5.75 Å². The average Bonchev–Trinajstić information content (AvgIpc) is 2.45. The van der Waals surface area contributed by atoms with Crippen LogP contribution in [0.2, 0.25) is 0 Å². The maximum atomic E-state index is 5.93. The van der Waals surface area contributed by atoms with Gasteiger partial charge in [-0.3, -0.25) is 0 Å². The van der Waals surface area contributed by atoms with E-state index in [2.05, 4.69) is 16.4 Å². The van der Waals surface area contributed by atoms with Gasteiger partial charge in [0.25, 0.3) is 0 Å². The van der Waals surface area contributed by atoms with Crippen LogP contribution in [0.5, 0.6) is 5.75 Å². The fourth-order valence-corrected chi connectivity index (χ4v) is 2.33. The van der Waals surface area contributed by atoms with Gasteiger partial charge in [0.2, 0.25) is 0 Å². The number of hydrogen-bond donors (Lipinski definition) is 2. The Morgan fingerprint density at radius 2 is 2.13 bits per heavy atom. The maximum Gasteiger partial charge on any atom is 0.188 e. The van der Waals surface area contributed by atoms with Gasteiger partial charge in [0.05, 0.1) is 13.2 Å². The average molecular weight is 433 g/mol. The number of nitrogens with zero attached hydrogens (tertiary/aromatic N) is 1. The molecule has 23 heavy (non-hydrogen) atoms. The second-order valence-electron chi connectivity index (χ2n) is 5.83. The highest BCUT2D eigenvalue weighted by molar-refractivity contribution is 14.0. The first-order valence-electron chi connectivity index (χ1n) is 7.94. The molecule has 1 aliphatic carbocycles. The van der Waals surface area contributed by atoms with Crippen molar-refractivity contribution in [1.29, 1.82) is 0 Å². The number of aliphatic imine (C=N–C) groups is 1. The maximum absolute atomic E-state index is 5.93. The summed E-state index contributed by atoms with van der Waals surface area (Å²) < 4.78 is 10.8. The molecule has 0 saturated heterocycles. The summed E-state index contributed by atoms with van der Waals surface area (Å²) >= 11 is 0. The van der Waals surface area contributed by atoms with Crippen LogP contribution in [0.15, 0.2) is 23.2 Å². The molecule has 1 aromatic rings. The predicted molar refractivity (Wildman–Crippen MR) is 105 cm³/mol. The monoisotopic (exact) mass is 433 g/mol. The number of rotatable bonds is 8. The van der Waals surface area contributed by atoms with Crippen molar-refractivity contribution in [2.75, 3.05) is 26.9 Å². The molecule has 3 N–H and O–H groups in total. The lowest BCUT2D eigenvalue weighted by Gasteiger charge is -2.25. The van der Waals surface area contributed by atoms with Crippen molar-refractivity contribution in [1.82, 2.24) is 5.32 Å². The molecule has 0 radical (unpaired) electrons. The first kappa shape index (κ1) is 20.0. The van der Waals surface area contributed by atoms with E-state index in [0.717, 1.165) is 29.3 Å². The Hall–Kier alpha value is -1.02. The third-order valence-corrected chi connectivity index (χ3v) is 3.98. The fraction of sp³-hybridized carbons (Fsp3) is 0.588. The van der Waals surface area contributed by atoms with Crippen LogP contribution in [0.1, 0.15) is 30.4 Å². The molecule has 0 heterocycles. The summed E-state index contributed by atoms with van der Waals surface area (Å²) in [5.74, 6) is 2.13. The molecule has 0 bridgehead atoms. The van der Waals surface area contributed by atoms with Crippen LogP contribution >= 0.6 is 24.0 Å². The third-order valence-electron chi connectivity index (χ3n) is 3.98. The number of ether oxygens (including phenoxy) is 2.